The van der Waals surface area contributed by atoms with Gasteiger partial charge in [-0.1, -0.05) is 75.3 Å². The molecule has 0 saturated carbocycles. The molecule has 10 nitrogen and oxygen atoms in total. The molecule has 11 heteroatoms. The van der Waals surface area contributed by atoms with Gasteiger partial charge in [-0.25, -0.2) is 9.48 Å². The Morgan fingerprint density at radius 2 is 1.80 bits per heavy atom. The average molecular weight is 575 g/mol. The first-order valence-corrected chi connectivity index (χ1v) is 17.1. The first-order valence-electron chi connectivity index (χ1n) is 14.2. The van der Waals surface area contributed by atoms with Gasteiger partial charge in [-0.2, -0.15) is 0 Å². The monoisotopic (exact) mass is 574 g/mol. The van der Waals surface area contributed by atoms with Crippen LogP contribution in [0, 0.1) is 5.92 Å². The highest BCUT2D eigenvalue weighted by Gasteiger charge is 2.43. The van der Waals surface area contributed by atoms with Crippen molar-refractivity contribution >= 4 is 20.2 Å². The standard InChI is InChI=1S/C29H46N4O6Si/c1-21(2)26(33-19-25(30-31-33)37-15-11-12-16-39-40(6,7)29(3,4)5)27(35)32-18-23(34)17-24(32)28(36)38-20-22-13-9-8-10-14-22/h8-10,13-14,19,21,23-24,26,34H,11-12,15-18,20H2,1-7H3/t23-,24+,26+/m1/s1. The van der Waals surface area contributed by atoms with Crippen molar-refractivity contribution in [3.05, 3.63) is 42.1 Å². The van der Waals surface area contributed by atoms with Gasteiger partial charge in [0, 0.05) is 19.6 Å². The number of unbranched alkanes of at least 4 members (excludes halogenated alkanes) is 1. The largest absolute Gasteiger partial charge is 0.475 e. The average Bonchev–Trinajstić information content (AvgIpc) is 3.51. The molecule has 2 aromatic rings. The Balaban J connectivity index is 1.55. The molecule has 3 atom stereocenters. The molecule has 0 bridgehead atoms. The van der Waals surface area contributed by atoms with Crippen molar-refractivity contribution in [3.63, 3.8) is 0 Å². The van der Waals surface area contributed by atoms with Gasteiger partial charge in [-0.3, -0.25) is 4.79 Å². The van der Waals surface area contributed by atoms with Crippen LogP contribution in [0.1, 0.15) is 65.5 Å². The zero-order valence-electron chi connectivity index (χ0n) is 25.0. The number of carbonyl (C=O) groups is 2. The second-order valence-electron chi connectivity index (χ2n) is 12.4. The molecule has 1 amide bonds. The van der Waals surface area contributed by atoms with E-state index >= 15 is 0 Å². The van der Waals surface area contributed by atoms with Crippen molar-refractivity contribution in [2.45, 2.75) is 96.8 Å². The quantitative estimate of drug-likeness (QED) is 0.213. The Bertz CT molecular complexity index is 1100. The molecule has 0 spiro atoms. The zero-order chi connectivity index (χ0) is 29.5. The molecule has 1 aromatic heterocycles. The van der Waals surface area contributed by atoms with Crippen LogP contribution in [0.4, 0.5) is 0 Å². The van der Waals surface area contributed by atoms with Crippen LogP contribution in [0.2, 0.25) is 18.1 Å². The number of β-amino-alcohol motifs (C(OH)–C–C–N with tert-alkyl or cyclic N) is 1. The predicted octanol–water partition coefficient (Wildman–Crippen LogP) is 4.36. The molecule has 1 saturated heterocycles. The number of hydrogen-bond donors (Lipinski definition) is 1. The summed E-state index contributed by atoms with van der Waals surface area (Å²) in [5.74, 6) is -0.652. The summed E-state index contributed by atoms with van der Waals surface area (Å²) >= 11 is 0. The summed E-state index contributed by atoms with van der Waals surface area (Å²) in [7, 11) is -1.76. The molecule has 40 heavy (non-hydrogen) atoms. The van der Waals surface area contributed by atoms with Crippen LogP contribution < -0.4 is 4.74 Å². The summed E-state index contributed by atoms with van der Waals surface area (Å²) in [5.41, 5.74) is 0.852. The van der Waals surface area contributed by atoms with E-state index in [1.807, 2.05) is 44.2 Å². The number of aromatic nitrogens is 3. The fourth-order valence-corrected chi connectivity index (χ4v) is 5.45. The lowest BCUT2D eigenvalue weighted by Crippen LogP contribution is -2.46. The lowest BCUT2D eigenvalue weighted by Gasteiger charge is -2.36. The van der Waals surface area contributed by atoms with E-state index in [4.69, 9.17) is 13.9 Å². The number of nitrogens with zero attached hydrogens (tertiary/aromatic N) is 4. The van der Waals surface area contributed by atoms with Gasteiger partial charge >= 0.3 is 5.97 Å². The van der Waals surface area contributed by atoms with Gasteiger partial charge in [0.05, 0.1) is 18.9 Å². The predicted molar refractivity (Wildman–Crippen MR) is 154 cm³/mol. The summed E-state index contributed by atoms with van der Waals surface area (Å²) in [5, 5.41) is 18.8. The molecule has 3 rings (SSSR count). The summed E-state index contributed by atoms with van der Waals surface area (Å²) in [6.45, 7) is 16.3. The van der Waals surface area contributed by atoms with Crippen LogP contribution in [-0.2, 0) is 25.4 Å². The lowest BCUT2D eigenvalue weighted by atomic mass is 10.0. The van der Waals surface area contributed by atoms with E-state index in [2.05, 4.69) is 44.2 Å². The highest BCUT2D eigenvalue weighted by Crippen LogP contribution is 2.36. The van der Waals surface area contributed by atoms with Gasteiger partial charge in [0.15, 0.2) is 8.32 Å². The smallest absolute Gasteiger partial charge is 0.329 e. The molecule has 222 valence electrons. The minimum atomic E-state index is -1.76. The fraction of sp³-hybridized carbons (Fsp3) is 0.655. The number of carbonyl (C=O) groups excluding carboxylic acids is 2. The molecule has 1 aliphatic heterocycles. The number of amides is 1. The molecule has 0 unspecified atom stereocenters. The van der Waals surface area contributed by atoms with E-state index in [1.165, 1.54) is 9.58 Å². The highest BCUT2D eigenvalue weighted by molar-refractivity contribution is 6.74. The maximum atomic E-state index is 13.7. The van der Waals surface area contributed by atoms with E-state index in [-0.39, 0.29) is 36.4 Å². The third-order valence-corrected chi connectivity index (χ3v) is 12.3. The van der Waals surface area contributed by atoms with Crippen LogP contribution in [0.25, 0.3) is 0 Å². The molecule has 0 radical (unpaired) electrons. The van der Waals surface area contributed by atoms with E-state index in [9.17, 15) is 14.7 Å². The Labute approximate surface area is 239 Å². The van der Waals surface area contributed by atoms with Gasteiger partial charge in [0.1, 0.15) is 18.7 Å². The van der Waals surface area contributed by atoms with Crippen molar-refractivity contribution in [3.8, 4) is 5.88 Å². The van der Waals surface area contributed by atoms with Gasteiger partial charge in [-0.05, 0) is 42.5 Å². The van der Waals surface area contributed by atoms with Crippen molar-refractivity contribution in [2.24, 2.45) is 5.92 Å². The van der Waals surface area contributed by atoms with Crippen LogP contribution in [0.3, 0.4) is 0 Å². The first kappa shape index (κ1) is 31.8. The number of hydrogen-bond acceptors (Lipinski definition) is 8. The zero-order valence-corrected chi connectivity index (χ0v) is 26.0. The number of aliphatic hydroxyl groups is 1. The van der Waals surface area contributed by atoms with Gasteiger partial charge in [0.2, 0.25) is 5.91 Å². The van der Waals surface area contributed by atoms with Crippen LogP contribution in [0.15, 0.2) is 36.5 Å². The molecule has 1 aliphatic rings. The third kappa shape index (κ3) is 8.37. The Kier molecular flexibility index (Phi) is 10.9. The molecule has 1 aromatic carbocycles. The minimum Gasteiger partial charge on any atom is -0.475 e. The van der Waals surface area contributed by atoms with Crippen LogP contribution >= 0.6 is 0 Å². The van der Waals surface area contributed by atoms with E-state index in [0.29, 0.717) is 19.1 Å². The fourth-order valence-electron chi connectivity index (χ4n) is 4.37. The molecule has 0 aliphatic carbocycles. The van der Waals surface area contributed by atoms with Crippen molar-refractivity contribution in [1.82, 2.24) is 19.9 Å². The lowest BCUT2D eigenvalue weighted by molar-refractivity contribution is -0.156. The summed E-state index contributed by atoms with van der Waals surface area (Å²) in [6.07, 6.45) is 2.64. The summed E-state index contributed by atoms with van der Waals surface area (Å²) in [6, 6.07) is 7.78. The van der Waals surface area contributed by atoms with E-state index < -0.39 is 32.5 Å². The number of likely N-dealkylation sites (tertiary alicyclic amines) is 1. The summed E-state index contributed by atoms with van der Waals surface area (Å²) < 4.78 is 19.0. The number of benzene rings is 1. The third-order valence-electron chi connectivity index (χ3n) is 7.77. The Morgan fingerprint density at radius 3 is 2.45 bits per heavy atom. The topological polar surface area (TPSA) is 116 Å². The maximum absolute atomic E-state index is 13.7. The second-order valence-corrected chi connectivity index (χ2v) is 17.2. The highest BCUT2D eigenvalue weighted by atomic mass is 28.4. The molecule has 2 heterocycles. The van der Waals surface area contributed by atoms with Crippen molar-refractivity contribution in [2.75, 3.05) is 19.8 Å². The minimum absolute atomic E-state index is 0.0577. The SMILES string of the molecule is CC(C)[C@@H](C(=O)N1C[C@H](O)C[C@H]1C(=O)OCc1ccccc1)n1cc(OCCCCO[Si](C)(C)C(C)(C)C)nn1. The number of aliphatic hydroxyl groups excluding tert-OH is 1. The van der Waals surface area contributed by atoms with Crippen LogP contribution in [0.5, 0.6) is 5.88 Å². The molecular weight excluding hydrogens is 528 g/mol. The van der Waals surface area contributed by atoms with Gasteiger partial charge < -0.3 is 23.9 Å². The summed E-state index contributed by atoms with van der Waals surface area (Å²) in [4.78, 5) is 28.0. The van der Waals surface area contributed by atoms with Gasteiger partial charge in [0.25, 0.3) is 5.88 Å². The maximum Gasteiger partial charge on any atom is 0.329 e. The van der Waals surface area contributed by atoms with Gasteiger partial charge in [-0.15, -0.1) is 0 Å². The van der Waals surface area contributed by atoms with Crippen molar-refractivity contribution in [1.29, 1.82) is 0 Å². The number of rotatable bonds is 13. The number of esters is 1. The second kappa shape index (κ2) is 13.7. The normalized spacial score (nSPS) is 18.7. The van der Waals surface area contributed by atoms with E-state index in [0.717, 1.165) is 18.4 Å². The Hall–Kier alpha value is -2.76. The number of ether oxygens (including phenoxy) is 2. The molecule has 1 N–H and O–H groups in total. The van der Waals surface area contributed by atoms with Crippen molar-refractivity contribution < 1.29 is 28.6 Å². The molecular formula is C29H46N4O6Si. The van der Waals surface area contributed by atoms with Crippen LogP contribution in [-0.4, -0.2) is 77.1 Å². The molecule has 1 fully saturated rings. The Morgan fingerprint density at radius 1 is 1.12 bits per heavy atom. The van der Waals surface area contributed by atoms with E-state index in [1.54, 1.807) is 6.20 Å². The first-order chi connectivity index (χ1) is 18.8.